The van der Waals surface area contributed by atoms with Crippen LogP contribution in [-0.4, -0.2) is 25.1 Å². The number of hydrogen-bond donors (Lipinski definition) is 1. The Bertz CT molecular complexity index is 242. The van der Waals surface area contributed by atoms with Crippen molar-refractivity contribution in [2.75, 3.05) is 6.61 Å². The summed E-state index contributed by atoms with van der Waals surface area (Å²) in [5, 5.41) is 0. The van der Waals surface area contributed by atoms with Crippen molar-refractivity contribution in [2.45, 2.75) is 31.2 Å². The molecule has 3 N–H and O–H groups in total. The zero-order valence-corrected chi connectivity index (χ0v) is 7.60. The minimum Gasteiger partial charge on any atom is -0.726 e. The first kappa shape index (κ1) is 9.91. The molecular formula is C6H13NO4S. The molecule has 0 amide bonds. The van der Waals surface area contributed by atoms with E-state index >= 15 is 0 Å². The van der Waals surface area contributed by atoms with Gasteiger partial charge in [-0.2, -0.15) is 0 Å². The fourth-order valence-corrected chi connectivity index (χ4v) is 1.86. The van der Waals surface area contributed by atoms with Gasteiger partial charge in [-0.15, -0.1) is 0 Å². The van der Waals surface area contributed by atoms with Gasteiger partial charge in [-0.05, 0) is 12.8 Å². The van der Waals surface area contributed by atoms with Crippen molar-refractivity contribution < 1.29 is 22.9 Å². The standard InChI is InChI=1S/C6H13NO4S/c7-6(3-1-2-4-6)5-11-12(8,9)10/h1-5,7H2,(H,8,9,10). The summed E-state index contributed by atoms with van der Waals surface area (Å²) >= 11 is 0. The Morgan fingerprint density at radius 2 is 1.92 bits per heavy atom. The van der Waals surface area contributed by atoms with E-state index in [0.717, 1.165) is 25.7 Å². The van der Waals surface area contributed by atoms with Crippen LogP contribution >= 0.6 is 0 Å². The van der Waals surface area contributed by atoms with Gasteiger partial charge >= 0.3 is 0 Å². The van der Waals surface area contributed by atoms with Crippen molar-refractivity contribution in [2.24, 2.45) is 0 Å². The second-order valence-corrected chi connectivity index (χ2v) is 4.43. The van der Waals surface area contributed by atoms with E-state index in [9.17, 15) is 13.0 Å². The Hall–Kier alpha value is -0.170. The van der Waals surface area contributed by atoms with Crippen molar-refractivity contribution in [3.05, 3.63) is 0 Å². The lowest BCUT2D eigenvalue weighted by molar-refractivity contribution is -0.480. The van der Waals surface area contributed by atoms with E-state index in [4.69, 9.17) is 0 Å². The molecule has 1 aliphatic rings. The van der Waals surface area contributed by atoms with Gasteiger partial charge in [0.15, 0.2) is 0 Å². The van der Waals surface area contributed by atoms with Gasteiger partial charge in [0.25, 0.3) is 0 Å². The van der Waals surface area contributed by atoms with E-state index in [2.05, 4.69) is 9.92 Å². The van der Waals surface area contributed by atoms with Crippen LogP contribution in [0.4, 0.5) is 0 Å². The van der Waals surface area contributed by atoms with E-state index in [-0.39, 0.29) is 12.1 Å². The van der Waals surface area contributed by atoms with E-state index in [1.54, 1.807) is 0 Å². The van der Waals surface area contributed by atoms with E-state index in [1.165, 1.54) is 0 Å². The smallest absolute Gasteiger partial charge is 0.217 e. The fourth-order valence-electron chi connectivity index (χ4n) is 1.47. The van der Waals surface area contributed by atoms with Gasteiger partial charge in [0, 0.05) is 12.8 Å². The first-order chi connectivity index (χ1) is 5.41. The third kappa shape index (κ3) is 3.06. The molecule has 6 heteroatoms. The van der Waals surface area contributed by atoms with Crippen molar-refractivity contribution in [3.8, 4) is 0 Å². The van der Waals surface area contributed by atoms with Crippen LogP contribution in [0.5, 0.6) is 0 Å². The summed E-state index contributed by atoms with van der Waals surface area (Å²) < 4.78 is 34.5. The summed E-state index contributed by atoms with van der Waals surface area (Å²) in [5.41, 5.74) is 3.49. The summed E-state index contributed by atoms with van der Waals surface area (Å²) in [6, 6.07) is 0. The van der Waals surface area contributed by atoms with E-state index in [0.29, 0.717) is 0 Å². The van der Waals surface area contributed by atoms with Crippen LogP contribution < -0.4 is 5.73 Å². The molecule has 0 aromatic heterocycles. The van der Waals surface area contributed by atoms with Crippen LogP contribution in [0, 0.1) is 0 Å². The summed E-state index contributed by atoms with van der Waals surface area (Å²) in [5.74, 6) is 0. The largest absolute Gasteiger partial charge is 0.726 e. The zero-order chi connectivity index (χ0) is 9.24. The number of hydrogen-bond acceptors (Lipinski definition) is 4. The molecule has 0 spiro atoms. The lowest BCUT2D eigenvalue weighted by Crippen LogP contribution is -2.73. The molecule has 1 fully saturated rings. The molecule has 0 radical (unpaired) electrons. The maximum Gasteiger partial charge on any atom is 0.217 e. The molecule has 1 saturated carbocycles. The van der Waals surface area contributed by atoms with Crippen molar-refractivity contribution >= 4 is 10.4 Å². The zero-order valence-electron chi connectivity index (χ0n) is 6.78. The lowest BCUT2D eigenvalue weighted by Gasteiger charge is -2.19. The minimum atomic E-state index is -4.54. The third-order valence-electron chi connectivity index (χ3n) is 2.17. The van der Waals surface area contributed by atoms with Crippen LogP contribution in [0.15, 0.2) is 0 Å². The van der Waals surface area contributed by atoms with Gasteiger partial charge in [0.2, 0.25) is 10.4 Å². The summed E-state index contributed by atoms with van der Waals surface area (Å²) in [7, 11) is -4.54. The number of quaternary nitrogens is 1. The third-order valence-corrected chi connectivity index (χ3v) is 2.58. The molecule has 0 aromatic carbocycles. The molecule has 0 atom stereocenters. The molecule has 5 nitrogen and oxygen atoms in total. The highest BCUT2D eigenvalue weighted by Crippen LogP contribution is 2.25. The second-order valence-electron chi connectivity index (χ2n) is 3.38. The van der Waals surface area contributed by atoms with Crippen molar-refractivity contribution in [1.82, 2.24) is 0 Å². The Balaban J connectivity index is 2.41. The van der Waals surface area contributed by atoms with Crippen LogP contribution in [0.25, 0.3) is 0 Å². The maximum atomic E-state index is 10.1. The average molecular weight is 195 g/mol. The minimum absolute atomic E-state index is 0.0706. The molecule has 0 aromatic rings. The Morgan fingerprint density at radius 3 is 2.33 bits per heavy atom. The highest BCUT2D eigenvalue weighted by atomic mass is 32.3. The number of rotatable bonds is 3. The molecule has 0 saturated heterocycles. The van der Waals surface area contributed by atoms with Crippen LogP contribution in [0.3, 0.4) is 0 Å². The fraction of sp³-hybridized carbons (Fsp3) is 1.00. The first-order valence-electron chi connectivity index (χ1n) is 3.87. The molecule has 12 heavy (non-hydrogen) atoms. The van der Waals surface area contributed by atoms with Gasteiger partial charge in [-0.3, -0.25) is 4.18 Å². The van der Waals surface area contributed by atoms with E-state index < -0.39 is 10.4 Å². The highest BCUT2D eigenvalue weighted by Gasteiger charge is 2.34. The average Bonchev–Trinajstić information content (AvgIpc) is 2.32. The van der Waals surface area contributed by atoms with Crippen LogP contribution in [0.2, 0.25) is 0 Å². The first-order valence-corrected chi connectivity index (χ1v) is 5.20. The maximum absolute atomic E-state index is 10.1. The molecule has 0 aliphatic heterocycles. The predicted molar refractivity (Wildman–Crippen MR) is 39.7 cm³/mol. The lowest BCUT2D eigenvalue weighted by atomic mass is 10.0. The Kier molecular flexibility index (Phi) is 2.72. The Morgan fingerprint density at radius 1 is 1.42 bits per heavy atom. The predicted octanol–water partition coefficient (Wildman–Crippen LogP) is -0.982. The van der Waals surface area contributed by atoms with Gasteiger partial charge in [0.1, 0.15) is 12.1 Å². The highest BCUT2D eigenvalue weighted by molar-refractivity contribution is 7.80. The summed E-state index contributed by atoms with van der Waals surface area (Å²) in [6.45, 7) is -0.0706. The molecule has 0 bridgehead atoms. The van der Waals surface area contributed by atoms with Gasteiger partial charge in [-0.1, -0.05) is 0 Å². The van der Waals surface area contributed by atoms with Crippen molar-refractivity contribution in [1.29, 1.82) is 0 Å². The molecular weight excluding hydrogens is 182 g/mol. The Labute approximate surface area is 71.8 Å². The second kappa shape index (κ2) is 3.29. The van der Waals surface area contributed by atoms with Gasteiger partial charge in [0.05, 0.1) is 0 Å². The van der Waals surface area contributed by atoms with Gasteiger partial charge < -0.3 is 10.3 Å². The quantitative estimate of drug-likeness (QED) is 0.462. The molecule has 72 valence electrons. The topological polar surface area (TPSA) is 94.1 Å². The van der Waals surface area contributed by atoms with Crippen LogP contribution in [0.1, 0.15) is 25.7 Å². The molecule has 1 rings (SSSR count). The molecule has 1 aliphatic carbocycles. The normalized spacial score (nSPS) is 22.8. The van der Waals surface area contributed by atoms with E-state index in [1.807, 2.05) is 0 Å². The van der Waals surface area contributed by atoms with Crippen LogP contribution in [-0.2, 0) is 14.6 Å². The molecule has 0 heterocycles. The summed E-state index contributed by atoms with van der Waals surface area (Å²) in [4.78, 5) is 0. The SMILES string of the molecule is [NH3+]C1(COS(=O)(=O)[O-])CCCC1. The molecule has 0 unspecified atom stereocenters. The van der Waals surface area contributed by atoms with Gasteiger partial charge in [-0.25, -0.2) is 8.42 Å². The summed E-state index contributed by atoms with van der Waals surface area (Å²) in [6.07, 6.45) is 3.74. The monoisotopic (exact) mass is 195 g/mol. The van der Waals surface area contributed by atoms with Crippen molar-refractivity contribution in [3.63, 3.8) is 0 Å².